The molecule has 3 heterocycles. The number of carbonyl (C=O) groups excluding carboxylic acids is 1. The molecule has 3 aromatic rings. The maximum absolute atomic E-state index is 13.1. The third kappa shape index (κ3) is 3.70. The number of hydrogen-bond acceptors (Lipinski definition) is 6. The number of benzene rings is 1. The third-order valence-electron chi connectivity index (χ3n) is 4.35. The van der Waals surface area contributed by atoms with Crippen LogP contribution in [-0.2, 0) is 11.3 Å². The van der Waals surface area contributed by atoms with Crippen molar-refractivity contribution in [3.63, 3.8) is 0 Å². The number of carbonyl (C=O) groups is 1. The van der Waals surface area contributed by atoms with Gasteiger partial charge in [0.1, 0.15) is 5.82 Å². The number of H-pyrrole nitrogens is 1. The minimum atomic E-state index is -0.548. The van der Waals surface area contributed by atoms with E-state index in [-0.39, 0.29) is 35.5 Å². The topological polar surface area (TPSA) is 115 Å². The van der Waals surface area contributed by atoms with E-state index in [1.165, 1.54) is 16.8 Å². The largest absolute Gasteiger partial charge is 0.376 e. The highest BCUT2D eigenvalue weighted by Gasteiger charge is 2.19. The van der Waals surface area contributed by atoms with E-state index in [4.69, 9.17) is 4.74 Å². The van der Waals surface area contributed by atoms with Crippen LogP contribution in [0, 0.1) is 5.82 Å². The first-order valence-corrected chi connectivity index (χ1v) is 8.58. The monoisotopic (exact) mass is 372 g/mol. The molecule has 140 valence electrons. The van der Waals surface area contributed by atoms with E-state index in [1.54, 1.807) is 12.1 Å². The van der Waals surface area contributed by atoms with E-state index in [0.717, 1.165) is 18.4 Å². The SMILES string of the molecule is O=C(NC[C@H]1CCCO1)c1nc2c(nnn2Cc2ccc(F)cc2)c(=O)[nH]1. The predicted molar refractivity (Wildman–Crippen MR) is 92.8 cm³/mol. The van der Waals surface area contributed by atoms with Gasteiger partial charge in [-0.05, 0) is 30.5 Å². The Labute approximate surface area is 152 Å². The fourth-order valence-corrected chi connectivity index (χ4v) is 2.94. The van der Waals surface area contributed by atoms with Crippen molar-refractivity contribution in [2.45, 2.75) is 25.5 Å². The lowest BCUT2D eigenvalue weighted by Gasteiger charge is -2.10. The summed E-state index contributed by atoms with van der Waals surface area (Å²) < 4.78 is 19.9. The zero-order chi connectivity index (χ0) is 18.8. The first kappa shape index (κ1) is 17.3. The van der Waals surface area contributed by atoms with Crippen molar-refractivity contribution in [2.24, 2.45) is 0 Å². The molecule has 27 heavy (non-hydrogen) atoms. The summed E-state index contributed by atoms with van der Waals surface area (Å²) >= 11 is 0. The fourth-order valence-electron chi connectivity index (χ4n) is 2.94. The Morgan fingerprint density at radius 1 is 1.37 bits per heavy atom. The van der Waals surface area contributed by atoms with Gasteiger partial charge in [-0.3, -0.25) is 9.59 Å². The average Bonchev–Trinajstić information content (AvgIpc) is 3.32. The van der Waals surface area contributed by atoms with Crippen LogP contribution in [0.4, 0.5) is 4.39 Å². The lowest BCUT2D eigenvalue weighted by molar-refractivity contribution is 0.0849. The second kappa shape index (κ2) is 7.23. The van der Waals surface area contributed by atoms with Gasteiger partial charge < -0.3 is 15.0 Å². The molecule has 0 spiro atoms. The Morgan fingerprint density at radius 2 is 2.19 bits per heavy atom. The first-order chi connectivity index (χ1) is 13.1. The van der Waals surface area contributed by atoms with Crippen molar-refractivity contribution < 1.29 is 13.9 Å². The molecule has 0 saturated carbocycles. The number of nitrogens with zero attached hydrogens (tertiary/aromatic N) is 4. The zero-order valence-corrected chi connectivity index (χ0v) is 14.3. The Bertz CT molecular complexity index is 1020. The summed E-state index contributed by atoms with van der Waals surface area (Å²) in [4.78, 5) is 31.2. The molecule has 0 unspecified atom stereocenters. The molecule has 1 aliphatic rings. The van der Waals surface area contributed by atoms with Crippen molar-refractivity contribution in [3.05, 3.63) is 51.8 Å². The number of amides is 1. The van der Waals surface area contributed by atoms with Crippen LogP contribution < -0.4 is 10.9 Å². The highest BCUT2D eigenvalue weighted by atomic mass is 19.1. The number of hydrogen-bond donors (Lipinski definition) is 2. The molecule has 0 radical (unpaired) electrons. The first-order valence-electron chi connectivity index (χ1n) is 8.58. The zero-order valence-electron chi connectivity index (χ0n) is 14.3. The summed E-state index contributed by atoms with van der Waals surface area (Å²) in [7, 11) is 0. The molecule has 1 fully saturated rings. The van der Waals surface area contributed by atoms with E-state index in [2.05, 4.69) is 25.6 Å². The molecule has 0 aliphatic carbocycles. The third-order valence-corrected chi connectivity index (χ3v) is 4.35. The van der Waals surface area contributed by atoms with Crippen LogP contribution in [0.5, 0.6) is 0 Å². The molecule has 10 heteroatoms. The molecule has 1 atom stereocenters. The van der Waals surface area contributed by atoms with Gasteiger partial charge in [-0.25, -0.2) is 14.1 Å². The maximum atomic E-state index is 13.1. The quantitative estimate of drug-likeness (QED) is 0.678. The van der Waals surface area contributed by atoms with Crippen molar-refractivity contribution in [1.82, 2.24) is 30.3 Å². The van der Waals surface area contributed by atoms with Gasteiger partial charge in [0.25, 0.3) is 11.5 Å². The molecule has 1 saturated heterocycles. The van der Waals surface area contributed by atoms with E-state index >= 15 is 0 Å². The second-order valence-electron chi connectivity index (χ2n) is 6.31. The molecule has 4 rings (SSSR count). The van der Waals surface area contributed by atoms with Gasteiger partial charge in [-0.2, -0.15) is 0 Å². The maximum Gasteiger partial charge on any atom is 0.287 e. The lowest BCUT2D eigenvalue weighted by Crippen LogP contribution is -2.34. The Balaban J connectivity index is 1.58. The van der Waals surface area contributed by atoms with Gasteiger partial charge >= 0.3 is 0 Å². The van der Waals surface area contributed by atoms with E-state index in [1.807, 2.05) is 0 Å². The van der Waals surface area contributed by atoms with Crippen LogP contribution in [0.15, 0.2) is 29.1 Å². The van der Waals surface area contributed by atoms with Crippen LogP contribution >= 0.6 is 0 Å². The summed E-state index contributed by atoms with van der Waals surface area (Å²) in [5.74, 6) is -0.964. The van der Waals surface area contributed by atoms with Gasteiger partial charge in [0.15, 0.2) is 11.2 Å². The summed E-state index contributed by atoms with van der Waals surface area (Å²) in [6.07, 6.45) is 1.84. The van der Waals surface area contributed by atoms with Gasteiger partial charge in [-0.15, -0.1) is 5.10 Å². The molecule has 2 N–H and O–H groups in total. The van der Waals surface area contributed by atoms with Crippen molar-refractivity contribution in [2.75, 3.05) is 13.2 Å². The number of ether oxygens (including phenoxy) is 1. The van der Waals surface area contributed by atoms with Crippen LogP contribution in [0.1, 0.15) is 29.0 Å². The normalized spacial score (nSPS) is 16.7. The average molecular weight is 372 g/mol. The standard InChI is InChI=1S/C17H17FN6O3/c18-11-5-3-10(4-6-11)9-24-15-13(22-23-24)16(25)21-14(20-15)17(26)19-8-12-2-1-7-27-12/h3-6,12H,1-2,7-9H2,(H,19,26)(H,20,21,25)/t12-/m1/s1. The molecular formula is C17H17FN6O3. The van der Waals surface area contributed by atoms with Crippen molar-refractivity contribution in [3.8, 4) is 0 Å². The highest BCUT2D eigenvalue weighted by Crippen LogP contribution is 2.11. The van der Waals surface area contributed by atoms with Crippen molar-refractivity contribution in [1.29, 1.82) is 0 Å². The molecular weight excluding hydrogens is 355 g/mol. The summed E-state index contributed by atoms with van der Waals surface area (Å²) in [6, 6.07) is 5.87. The lowest BCUT2D eigenvalue weighted by atomic mass is 10.2. The van der Waals surface area contributed by atoms with Crippen LogP contribution in [0.3, 0.4) is 0 Å². The molecule has 2 aromatic heterocycles. The van der Waals surface area contributed by atoms with Gasteiger partial charge in [0, 0.05) is 13.2 Å². The summed E-state index contributed by atoms with van der Waals surface area (Å²) in [5, 5.41) is 10.5. The summed E-state index contributed by atoms with van der Waals surface area (Å²) in [6.45, 7) is 1.29. The summed E-state index contributed by atoms with van der Waals surface area (Å²) in [5.41, 5.74) is 0.431. The Kier molecular flexibility index (Phi) is 4.63. The number of rotatable bonds is 5. The minimum Gasteiger partial charge on any atom is -0.376 e. The van der Waals surface area contributed by atoms with Crippen LogP contribution in [-0.4, -0.2) is 50.1 Å². The Hall–Kier alpha value is -3.14. The highest BCUT2D eigenvalue weighted by molar-refractivity contribution is 5.91. The van der Waals surface area contributed by atoms with Gasteiger partial charge in [0.05, 0.1) is 12.6 Å². The number of halogens is 1. The van der Waals surface area contributed by atoms with Crippen LogP contribution in [0.25, 0.3) is 11.2 Å². The smallest absolute Gasteiger partial charge is 0.287 e. The predicted octanol–water partition coefficient (Wildman–Crippen LogP) is 0.611. The van der Waals surface area contributed by atoms with Gasteiger partial charge in [-0.1, -0.05) is 17.3 Å². The van der Waals surface area contributed by atoms with Crippen LogP contribution in [0.2, 0.25) is 0 Å². The Morgan fingerprint density at radius 3 is 2.93 bits per heavy atom. The molecule has 0 bridgehead atoms. The molecule has 1 aromatic carbocycles. The molecule has 9 nitrogen and oxygen atoms in total. The number of fused-ring (bicyclic) bond motifs is 1. The molecule has 1 amide bonds. The van der Waals surface area contributed by atoms with Gasteiger partial charge in [0.2, 0.25) is 5.82 Å². The fraction of sp³-hybridized carbons (Fsp3) is 0.353. The van der Waals surface area contributed by atoms with Crippen molar-refractivity contribution >= 4 is 17.1 Å². The molecule has 1 aliphatic heterocycles. The number of aromatic amines is 1. The van der Waals surface area contributed by atoms with E-state index in [9.17, 15) is 14.0 Å². The van der Waals surface area contributed by atoms with E-state index in [0.29, 0.717) is 13.2 Å². The van der Waals surface area contributed by atoms with E-state index < -0.39 is 11.5 Å². The second-order valence-corrected chi connectivity index (χ2v) is 6.31. The number of aromatic nitrogens is 5. The minimum absolute atomic E-state index is 0.0185. The number of nitrogens with one attached hydrogen (secondary N) is 2.